The highest BCUT2D eigenvalue weighted by atomic mass is 19.3. The van der Waals surface area contributed by atoms with Crippen molar-refractivity contribution in [1.29, 1.82) is 0 Å². The second-order valence-corrected chi connectivity index (χ2v) is 5.09. The van der Waals surface area contributed by atoms with Gasteiger partial charge < -0.3 is 4.74 Å². The maximum Gasteiger partial charge on any atom is 0.278 e. The van der Waals surface area contributed by atoms with Crippen molar-refractivity contribution in [3.8, 4) is 0 Å². The van der Waals surface area contributed by atoms with Crippen molar-refractivity contribution in [1.82, 2.24) is 0 Å². The first-order valence-corrected chi connectivity index (χ1v) is 6.05. The average Bonchev–Trinajstić information content (AvgIpc) is 2.28. The van der Waals surface area contributed by atoms with Gasteiger partial charge in [0.15, 0.2) is 0 Å². The fraction of sp³-hybridized carbons (Fsp3) is 0.571. The molecule has 1 saturated heterocycles. The molecule has 1 aromatic carbocycles. The Morgan fingerprint density at radius 1 is 1.24 bits per heavy atom. The molecule has 0 aliphatic carbocycles. The number of rotatable bonds is 2. The summed E-state index contributed by atoms with van der Waals surface area (Å²) in [5, 5.41) is 0. The van der Waals surface area contributed by atoms with Gasteiger partial charge in [0.2, 0.25) is 0 Å². The van der Waals surface area contributed by atoms with Crippen LogP contribution in [0.2, 0.25) is 0 Å². The van der Waals surface area contributed by atoms with E-state index in [1.807, 2.05) is 19.9 Å². The highest BCUT2D eigenvalue weighted by Crippen LogP contribution is 2.44. The van der Waals surface area contributed by atoms with E-state index in [1.54, 1.807) is 24.3 Å². The monoisotopic (exact) mass is 240 g/mol. The minimum atomic E-state index is -2.77. The van der Waals surface area contributed by atoms with Gasteiger partial charge in [-0.1, -0.05) is 44.2 Å². The van der Waals surface area contributed by atoms with Crippen molar-refractivity contribution in [3.63, 3.8) is 0 Å². The molecular weight excluding hydrogens is 222 g/mol. The van der Waals surface area contributed by atoms with Crippen molar-refractivity contribution in [2.24, 2.45) is 11.8 Å². The zero-order valence-corrected chi connectivity index (χ0v) is 10.2. The molecule has 0 saturated carbocycles. The van der Waals surface area contributed by atoms with E-state index in [-0.39, 0.29) is 18.3 Å². The molecule has 1 fully saturated rings. The van der Waals surface area contributed by atoms with Crippen LogP contribution in [-0.2, 0) is 4.74 Å². The lowest BCUT2D eigenvalue weighted by molar-refractivity contribution is -0.198. The first-order chi connectivity index (χ1) is 8.00. The van der Waals surface area contributed by atoms with Gasteiger partial charge in [0.1, 0.15) is 6.10 Å². The summed E-state index contributed by atoms with van der Waals surface area (Å²) in [6.45, 7) is 4.35. The summed E-state index contributed by atoms with van der Waals surface area (Å²) in [5.41, 5.74) is 0.569. The number of hydrogen-bond acceptors (Lipinski definition) is 1. The standard InChI is InChI=1S/C14H18F2O/c1-10(2)12-8-14(15,16)13(17-9-12)11-6-4-3-5-7-11/h3-7,10,12-13H,8-9H2,1-2H3/t12-,13+/m0/s1. The summed E-state index contributed by atoms with van der Waals surface area (Å²) in [6, 6.07) is 8.76. The topological polar surface area (TPSA) is 9.23 Å². The lowest BCUT2D eigenvalue weighted by atomic mass is 9.85. The van der Waals surface area contributed by atoms with Gasteiger partial charge in [0, 0.05) is 6.42 Å². The smallest absolute Gasteiger partial charge is 0.278 e. The number of halogens is 2. The molecule has 2 atom stereocenters. The zero-order valence-electron chi connectivity index (χ0n) is 10.2. The molecule has 0 N–H and O–H groups in total. The second-order valence-electron chi connectivity index (χ2n) is 5.09. The molecular formula is C14H18F2O. The summed E-state index contributed by atoms with van der Waals surface area (Å²) in [4.78, 5) is 0. The van der Waals surface area contributed by atoms with Crippen LogP contribution in [0.25, 0.3) is 0 Å². The SMILES string of the molecule is CC(C)[C@@H]1CO[C@H](c2ccccc2)C(F)(F)C1. The molecule has 1 aromatic rings. The molecule has 17 heavy (non-hydrogen) atoms. The Kier molecular flexibility index (Phi) is 3.48. The summed E-state index contributed by atoms with van der Waals surface area (Å²) in [6.07, 6.45) is -1.16. The minimum Gasteiger partial charge on any atom is -0.367 e. The average molecular weight is 240 g/mol. The van der Waals surface area contributed by atoms with E-state index in [4.69, 9.17) is 4.74 Å². The van der Waals surface area contributed by atoms with E-state index in [9.17, 15) is 8.78 Å². The highest BCUT2D eigenvalue weighted by Gasteiger charge is 2.47. The molecule has 0 radical (unpaired) electrons. The zero-order chi connectivity index (χ0) is 12.5. The van der Waals surface area contributed by atoms with Crippen LogP contribution in [0.1, 0.15) is 31.9 Å². The maximum atomic E-state index is 14.0. The van der Waals surface area contributed by atoms with Gasteiger partial charge in [-0.3, -0.25) is 0 Å². The van der Waals surface area contributed by atoms with Gasteiger partial charge in [-0.2, -0.15) is 0 Å². The molecule has 94 valence electrons. The van der Waals surface area contributed by atoms with Crippen LogP contribution in [-0.4, -0.2) is 12.5 Å². The summed E-state index contributed by atoms with van der Waals surface area (Å²) < 4.78 is 33.5. The number of ether oxygens (including phenoxy) is 1. The van der Waals surface area contributed by atoms with Gasteiger partial charge in [-0.25, -0.2) is 8.78 Å². The van der Waals surface area contributed by atoms with E-state index in [2.05, 4.69) is 0 Å². The molecule has 2 rings (SSSR count). The van der Waals surface area contributed by atoms with Crippen molar-refractivity contribution in [2.75, 3.05) is 6.61 Å². The van der Waals surface area contributed by atoms with E-state index < -0.39 is 12.0 Å². The lowest BCUT2D eigenvalue weighted by Gasteiger charge is -2.37. The van der Waals surface area contributed by atoms with Crippen LogP contribution >= 0.6 is 0 Å². The van der Waals surface area contributed by atoms with Crippen molar-refractivity contribution >= 4 is 0 Å². The van der Waals surface area contributed by atoms with Gasteiger partial charge in [0.25, 0.3) is 5.92 Å². The third-order valence-corrected chi connectivity index (χ3v) is 3.44. The predicted octanol–water partition coefficient (Wildman–Crippen LogP) is 4.06. The van der Waals surface area contributed by atoms with Crippen molar-refractivity contribution in [3.05, 3.63) is 35.9 Å². The molecule has 1 aliphatic rings. The number of alkyl halides is 2. The molecule has 0 aromatic heterocycles. The molecule has 0 unspecified atom stereocenters. The molecule has 0 spiro atoms. The van der Waals surface area contributed by atoms with Crippen LogP contribution in [0.4, 0.5) is 8.78 Å². The van der Waals surface area contributed by atoms with Crippen LogP contribution in [0.3, 0.4) is 0 Å². The molecule has 1 heterocycles. The number of hydrogen-bond donors (Lipinski definition) is 0. The van der Waals surface area contributed by atoms with Crippen LogP contribution in [0.15, 0.2) is 30.3 Å². The van der Waals surface area contributed by atoms with E-state index in [1.165, 1.54) is 0 Å². The van der Waals surface area contributed by atoms with E-state index in [0.717, 1.165) is 0 Å². The fourth-order valence-corrected chi connectivity index (χ4v) is 2.25. The second kappa shape index (κ2) is 4.73. The summed E-state index contributed by atoms with van der Waals surface area (Å²) in [7, 11) is 0. The third-order valence-electron chi connectivity index (χ3n) is 3.44. The molecule has 0 bridgehead atoms. The van der Waals surface area contributed by atoms with Crippen LogP contribution < -0.4 is 0 Å². The van der Waals surface area contributed by atoms with Gasteiger partial charge >= 0.3 is 0 Å². The Balaban J connectivity index is 2.16. The molecule has 0 amide bonds. The molecule has 1 aliphatic heterocycles. The quantitative estimate of drug-likeness (QED) is 0.757. The lowest BCUT2D eigenvalue weighted by Crippen LogP contribution is -2.40. The molecule has 1 nitrogen and oxygen atoms in total. The van der Waals surface area contributed by atoms with Crippen molar-refractivity contribution in [2.45, 2.75) is 32.3 Å². The Morgan fingerprint density at radius 3 is 2.41 bits per heavy atom. The number of benzene rings is 1. The first-order valence-electron chi connectivity index (χ1n) is 6.05. The minimum absolute atomic E-state index is 0.0510. The van der Waals surface area contributed by atoms with Crippen LogP contribution in [0, 0.1) is 11.8 Å². The normalized spacial score (nSPS) is 28.3. The van der Waals surface area contributed by atoms with E-state index >= 15 is 0 Å². The fourth-order valence-electron chi connectivity index (χ4n) is 2.25. The maximum absolute atomic E-state index is 14.0. The Labute approximate surface area is 101 Å². The predicted molar refractivity (Wildman–Crippen MR) is 63.0 cm³/mol. The summed E-state index contributed by atoms with van der Waals surface area (Å²) in [5.74, 6) is -2.59. The largest absolute Gasteiger partial charge is 0.367 e. The Hall–Kier alpha value is -0.960. The van der Waals surface area contributed by atoms with Crippen LogP contribution in [0.5, 0.6) is 0 Å². The van der Waals surface area contributed by atoms with E-state index in [0.29, 0.717) is 12.2 Å². The Morgan fingerprint density at radius 2 is 1.88 bits per heavy atom. The molecule has 3 heteroatoms. The first kappa shape index (κ1) is 12.5. The van der Waals surface area contributed by atoms with Crippen molar-refractivity contribution < 1.29 is 13.5 Å². The van der Waals surface area contributed by atoms with Gasteiger partial charge in [0.05, 0.1) is 6.61 Å². The summed E-state index contributed by atoms with van der Waals surface area (Å²) >= 11 is 0. The third kappa shape index (κ3) is 2.65. The Bertz CT molecular complexity index is 362. The van der Waals surface area contributed by atoms with Gasteiger partial charge in [-0.15, -0.1) is 0 Å². The van der Waals surface area contributed by atoms with Gasteiger partial charge in [-0.05, 0) is 17.4 Å². The highest BCUT2D eigenvalue weighted by molar-refractivity contribution is 5.20.